The van der Waals surface area contributed by atoms with Crippen LogP contribution in [-0.2, 0) is 9.53 Å². The van der Waals surface area contributed by atoms with Crippen LogP contribution in [0.5, 0.6) is 0 Å². The van der Waals surface area contributed by atoms with Crippen LogP contribution in [0.4, 0.5) is 0 Å². The first-order valence-electron chi connectivity index (χ1n) is 4.51. The van der Waals surface area contributed by atoms with Gasteiger partial charge in [-0.05, 0) is 13.8 Å². The Morgan fingerprint density at radius 2 is 2.00 bits per heavy atom. The van der Waals surface area contributed by atoms with E-state index in [1.807, 2.05) is 18.7 Å². The number of hydrogen-bond donors (Lipinski definition) is 0. The van der Waals surface area contributed by atoms with Crippen LogP contribution in [-0.4, -0.2) is 43.0 Å². The minimum absolute atomic E-state index is 0.130. The van der Waals surface area contributed by atoms with Gasteiger partial charge < -0.3 is 9.64 Å². The third-order valence-corrected chi connectivity index (χ3v) is 2.88. The van der Waals surface area contributed by atoms with E-state index in [-0.39, 0.29) is 5.91 Å². The molecule has 1 saturated heterocycles. The van der Waals surface area contributed by atoms with Gasteiger partial charge in [-0.1, -0.05) is 0 Å². The van der Waals surface area contributed by atoms with Gasteiger partial charge in [-0.25, -0.2) is 0 Å². The summed E-state index contributed by atoms with van der Waals surface area (Å²) in [5, 5.41) is 0. The van der Waals surface area contributed by atoms with E-state index >= 15 is 0 Å². The highest BCUT2D eigenvalue weighted by molar-refractivity contribution is 6.19. The number of amides is 1. The Bertz CT molecular complexity index is 188. The molecule has 13 heavy (non-hydrogen) atoms. The lowest BCUT2D eigenvalue weighted by Gasteiger charge is -2.33. The van der Waals surface area contributed by atoms with Crippen LogP contribution in [0, 0.1) is 5.41 Å². The van der Waals surface area contributed by atoms with Crippen molar-refractivity contribution in [1.82, 2.24) is 4.90 Å². The van der Waals surface area contributed by atoms with E-state index in [1.165, 1.54) is 0 Å². The van der Waals surface area contributed by atoms with Gasteiger partial charge in [-0.2, -0.15) is 0 Å². The highest BCUT2D eigenvalue weighted by Crippen LogP contribution is 2.21. The molecule has 1 aliphatic rings. The molecule has 0 aliphatic carbocycles. The Labute approximate surface area is 84.0 Å². The summed E-state index contributed by atoms with van der Waals surface area (Å²) in [5.74, 6) is 0.495. The molecule has 0 saturated carbocycles. The summed E-state index contributed by atoms with van der Waals surface area (Å²) in [7, 11) is 0. The maximum atomic E-state index is 11.8. The van der Waals surface area contributed by atoms with Gasteiger partial charge in [0.05, 0.1) is 18.6 Å². The molecule has 1 rings (SSSR count). The number of hydrogen-bond acceptors (Lipinski definition) is 2. The predicted octanol–water partition coefficient (Wildman–Crippen LogP) is 1.11. The Kier molecular flexibility index (Phi) is 3.56. The lowest BCUT2D eigenvalue weighted by atomic mass is 9.94. The van der Waals surface area contributed by atoms with Gasteiger partial charge in [0.1, 0.15) is 0 Å². The van der Waals surface area contributed by atoms with Crippen LogP contribution >= 0.6 is 11.6 Å². The molecule has 0 spiro atoms. The molecule has 0 radical (unpaired) electrons. The molecule has 1 amide bonds. The van der Waals surface area contributed by atoms with Crippen LogP contribution in [0.1, 0.15) is 13.8 Å². The molecule has 3 nitrogen and oxygen atoms in total. The van der Waals surface area contributed by atoms with Gasteiger partial charge in [0.15, 0.2) is 0 Å². The van der Waals surface area contributed by atoms with Gasteiger partial charge in [0, 0.05) is 19.0 Å². The molecule has 1 aliphatic heterocycles. The van der Waals surface area contributed by atoms with Crippen molar-refractivity contribution in [1.29, 1.82) is 0 Å². The zero-order chi connectivity index (χ0) is 9.90. The van der Waals surface area contributed by atoms with Gasteiger partial charge in [0.2, 0.25) is 5.91 Å². The van der Waals surface area contributed by atoms with E-state index in [4.69, 9.17) is 16.3 Å². The molecular formula is C9H16ClNO2. The Morgan fingerprint density at radius 3 is 2.46 bits per heavy atom. The first-order valence-corrected chi connectivity index (χ1v) is 5.04. The van der Waals surface area contributed by atoms with Crippen molar-refractivity contribution < 1.29 is 9.53 Å². The van der Waals surface area contributed by atoms with Gasteiger partial charge >= 0.3 is 0 Å². The Balaban J connectivity index is 2.55. The average Bonchev–Trinajstić information content (AvgIpc) is 2.18. The van der Waals surface area contributed by atoms with E-state index in [0.29, 0.717) is 32.2 Å². The number of morpholine rings is 1. The predicted molar refractivity (Wildman–Crippen MR) is 51.9 cm³/mol. The second-order valence-corrected chi connectivity index (χ2v) is 4.19. The summed E-state index contributed by atoms with van der Waals surface area (Å²) < 4.78 is 5.17. The van der Waals surface area contributed by atoms with E-state index in [9.17, 15) is 4.79 Å². The fraction of sp³-hybridized carbons (Fsp3) is 0.889. The van der Waals surface area contributed by atoms with Crippen LogP contribution in [0.15, 0.2) is 0 Å². The molecule has 0 aromatic heterocycles. The zero-order valence-electron chi connectivity index (χ0n) is 8.18. The number of carbonyl (C=O) groups is 1. The van der Waals surface area contributed by atoms with Crippen molar-refractivity contribution in [3.63, 3.8) is 0 Å². The van der Waals surface area contributed by atoms with Crippen LogP contribution in [0.25, 0.3) is 0 Å². The van der Waals surface area contributed by atoms with Crippen LogP contribution in [0.3, 0.4) is 0 Å². The third-order valence-electron chi connectivity index (χ3n) is 2.21. The fourth-order valence-corrected chi connectivity index (χ4v) is 1.37. The lowest BCUT2D eigenvalue weighted by molar-refractivity contribution is -0.143. The highest BCUT2D eigenvalue weighted by atomic mass is 35.5. The summed E-state index contributed by atoms with van der Waals surface area (Å²) in [6.45, 7) is 6.42. The first kappa shape index (κ1) is 10.8. The molecule has 4 heteroatoms. The van der Waals surface area contributed by atoms with Crippen molar-refractivity contribution >= 4 is 17.5 Å². The second kappa shape index (κ2) is 4.29. The van der Waals surface area contributed by atoms with Crippen molar-refractivity contribution in [2.45, 2.75) is 13.8 Å². The fourth-order valence-electron chi connectivity index (χ4n) is 1.25. The number of ether oxygens (including phenoxy) is 1. The smallest absolute Gasteiger partial charge is 0.229 e. The summed E-state index contributed by atoms with van der Waals surface area (Å²) in [5.41, 5.74) is -0.446. The number of alkyl halides is 1. The lowest BCUT2D eigenvalue weighted by Crippen LogP contribution is -2.47. The van der Waals surface area contributed by atoms with Crippen LogP contribution < -0.4 is 0 Å². The minimum atomic E-state index is -0.446. The van der Waals surface area contributed by atoms with E-state index < -0.39 is 5.41 Å². The minimum Gasteiger partial charge on any atom is -0.378 e. The first-order chi connectivity index (χ1) is 6.08. The number of nitrogens with zero attached hydrogens (tertiary/aromatic N) is 1. The molecule has 0 atom stereocenters. The quantitative estimate of drug-likeness (QED) is 0.633. The van der Waals surface area contributed by atoms with Gasteiger partial charge in [0.25, 0.3) is 0 Å². The van der Waals surface area contributed by atoms with Gasteiger partial charge in [-0.3, -0.25) is 4.79 Å². The monoisotopic (exact) mass is 205 g/mol. The molecule has 0 unspecified atom stereocenters. The molecule has 1 fully saturated rings. The zero-order valence-corrected chi connectivity index (χ0v) is 8.93. The van der Waals surface area contributed by atoms with Gasteiger partial charge in [-0.15, -0.1) is 11.6 Å². The molecule has 0 aromatic carbocycles. The highest BCUT2D eigenvalue weighted by Gasteiger charge is 2.31. The maximum absolute atomic E-state index is 11.8. The largest absolute Gasteiger partial charge is 0.378 e. The summed E-state index contributed by atoms with van der Waals surface area (Å²) in [6, 6.07) is 0. The number of halogens is 1. The van der Waals surface area contributed by atoms with Crippen molar-refractivity contribution in [2.24, 2.45) is 5.41 Å². The molecule has 0 bridgehead atoms. The topological polar surface area (TPSA) is 29.5 Å². The van der Waals surface area contributed by atoms with Crippen molar-refractivity contribution in [3.8, 4) is 0 Å². The molecule has 0 aromatic rings. The normalized spacial score (nSPS) is 18.8. The van der Waals surface area contributed by atoms with E-state index in [1.54, 1.807) is 0 Å². The average molecular weight is 206 g/mol. The second-order valence-electron chi connectivity index (χ2n) is 3.92. The molecule has 76 valence electrons. The summed E-state index contributed by atoms with van der Waals surface area (Å²) in [6.07, 6.45) is 0. The molecular weight excluding hydrogens is 190 g/mol. The van der Waals surface area contributed by atoms with E-state index in [0.717, 1.165) is 0 Å². The van der Waals surface area contributed by atoms with Crippen LogP contribution in [0.2, 0.25) is 0 Å². The van der Waals surface area contributed by atoms with E-state index in [2.05, 4.69) is 0 Å². The molecule has 1 heterocycles. The maximum Gasteiger partial charge on any atom is 0.229 e. The Morgan fingerprint density at radius 1 is 1.46 bits per heavy atom. The standard InChI is InChI=1S/C9H16ClNO2/c1-9(2,7-10)8(12)11-3-5-13-6-4-11/h3-7H2,1-2H3. The number of carbonyl (C=O) groups excluding carboxylic acids is 1. The van der Waals surface area contributed by atoms with Crippen molar-refractivity contribution in [3.05, 3.63) is 0 Å². The molecule has 0 N–H and O–H groups in total. The summed E-state index contributed by atoms with van der Waals surface area (Å²) in [4.78, 5) is 13.7. The summed E-state index contributed by atoms with van der Waals surface area (Å²) >= 11 is 5.73. The SMILES string of the molecule is CC(C)(CCl)C(=O)N1CCOCC1. The van der Waals surface area contributed by atoms with Crippen molar-refractivity contribution in [2.75, 3.05) is 32.2 Å². The number of rotatable bonds is 2. The third kappa shape index (κ3) is 2.58. The Hall–Kier alpha value is -0.280.